The van der Waals surface area contributed by atoms with Crippen LogP contribution in [0.25, 0.3) is 16.7 Å². The van der Waals surface area contributed by atoms with E-state index in [9.17, 15) is 4.79 Å². The largest absolute Gasteiger partial charge is 0.352 e. The zero-order chi connectivity index (χ0) is 21.3. The first-order chi connectivity index (χ1) is 14.5. The lowest BCUT2D eigenvalue weighted by atomic mass is 10.2. The van der Waals surface area contributed by atoms with E-state index in [1.807, 2.05) is 29.6 Å². The molecule has 2 aromatic heterocycles. The van der Waals surface area contributed by atoms with Gasteiger partial charge < -0.3 is 15.1 Å². The van der Waals surface area contributed by atoms with Gasteiger partial charge in [0, 0.05) is 38.6 Å². The third-order valence-electron chi connectivity index (χ3n) is 5.33. The van der Waals surface area contributed by atoms with E-state index in [2.05, 4.69) is 53.4 Å². The molecular weight excluding hydrogens is 378 g/mol. The van der Waals surface area contributed by atoms with E-state index >= 15 is 0 Å². The fraction of sp³-hybridized carbons (Fsp3) is 0.455. The van der Waals surface area contributed by atoms with Crippen LogP contribution in [0.5, 0.6) is 0 Å². The third-order valence-corrected chi connectivity index (χ3v) is 5.33. The van der Waals surface area contributed by atoms with E-state index in [-0.39, 0.29) is 12.1 Å². The summed E-state index contributed by atoms with van der Waals surface area (Å²) in [6.07, 6.45) is 2.60. The average Bonchev–Trinajstić information content (AvgIpc) is 3.17. The van der Waals surface area contributed by atoms with Gasteiger partial charge in [-0.25, -0.2) is 19.4 Å². The zero-order valence-electron chi connectivity index (χ0n) is 18.1. The number of fused-ring (bicyclic) bond motifs is 1. The number of hydrogen-bond donors (Lipinski definition) is 1. The molecule has 158 valence electrons. The molecule has 0 spiro atoms. The number of hydrogen-bond acceptors (Lipinski definition) is 5. The standard InChI is InChI=1S/C22H29N7O/c1-5-19-25-20(27-10-12-28(13-11-27)22(30)24-15(2)3)18-14-23-29(21(18)26-19)17-8-6-16(4)7-9-17/h6-9,14-15H,5,10-13H2,1-4H3,(H,24,30). The third kappa shape index (κ3) is 3.94. The molecule has 3 heterocycles. The van der Waals surface area contributed by atoms with Gasteiger partial charge in [-0.2, -0.15) is 5.10 Å². The lowest BCUT2D eigenvalue weighted by Gasteiger charge is -2.36. The fourth-order valence-corrected chi connectivity index (χ4v) is 3.67. The van der Waals surface area contributed by atoms with E-state index in [4.69, 9.17) is 9.97 Å². The van der Waals surface area contributed by atoms with Crippen LogP contribution in [0.3, 0.4) is 0 Å². The number of benzene rings is 1. The molecule has 1 saturated heterocycles. The summed E-state index contributed by atoms with van der Waals surface area (Å²) in [5.41, 5.74) is 3.01. The fourth-order valence-electron chi connectivity index (χ4n) is 3.67. The van der Waals surface area contributed by atoms with Crippen molar-refractivity contribution in [2.24, 2.45) is 0 Å². The molecule has 8 heteroatoms. The van der Waals surface area contributed by atoms with Crippen LogP contribution in [0.2, 0.25) is 0 Å². The monoisotopic (exact) mass is 407 g/mol. The van der Waals surface area contributed by atoms with Crippen molar-refractivity contribution in [2.45, 2.75) is 40.2 Å². The molecule has 0 aliphatic carbocycles. The Morgan fingerprint density at radius 1 is 1.10 bits per heavy atom. The summed E-state index contributed by atoms with van der Waals surface area (Å²) < 4.78 is 1.88. The predicted molar refractivity (Wildman–Crippen MR) is 118 cm³/mol. The SMILES string of the molecule is CCc1nc(N2CCN(C(=O)NC(C)C)CC2)c2cnn(-c3ccc(C)cc3)c2n1. The van der Waals surface area contributed by atoms with Gasteiger partial charge in [-0.1, -0.05) is 24.6 Å². The smallest absolute Gasteiger partial charge is 0.317 e. The average molecular weight is 408 g/mol. The van der Waals surface area contributed by atoms with Gasteiger partial charge in [-0.05, 0) is 32.9 Å². The highest BCUT2D eigenvalue weighted by Crippen LogP contribution is 2.27. The number of carbonyl (C=O) groups is 1. The molecule has 0 radical (unpaired) electrons. The molecule has 2 amide bonds. The molecule has 0 atom stereocenters. The second-order valence-corrected chi connectivity index (χ2v) is 8.02. The van der Waals surface area contributed by atoms with Crippen molar-refractivity contribution in [1.82, 2.24) is 30.0 Å². The first-order valence-corrected chi connectivity index (χ1v) is 10.6. The minimum atomic E-state index is -0.000998. The lowest BCUT2D eigenvalue weighted by Crippen LogP contribution is -2.53. The number of nitrogens with zero attached hydrogens (tertiary/aromatic N) is 6. The number of aromatic nitrogens is 4. The number of carbonyl (C=O) groups excluding carboxylic acids is 1. The first kappa shape index (κ1) is 20.1. The number of rotatable bonds is 4. The molecule has 0 bridgehead atoms. The van der Waals surface area contributed by atoms with Crippen molar-refractivity contribution in [3.05, 3.63) is 41.9 Å². The Kier molecular flexibility index (Phi) is 5.57. The van der Waals surface area contributed by atoms with Crippen molar-refractivity contribution in [1.29, 1.82) is 0 Å². The highest BCUT2D eigenvalue weighted by atomic mass is 16.2. The number of amides is 2. The second-order valence-electron chi connectivity index (χ2n) is 8.02. The van der Waals surface area contributed by atoms with Crippen molar-refractivity contribution in [3.8, 4) is 5.69 Å². The minimum Gasteiger partial charge on any atom is -0.352 e. The van der Waals surface area contributed by atoms with E-state index in [1.54, 1.807) is 0 Å². The van der Waals surface area contributed by atoms with Crippen LogP contribution in [0.4, 0.5) is 10.6 Å². The molecule has 1 N–H and O–H groups in total. The normalized spacial score (nSPS) is 14.6. The predicted octanol–water partition coefficient (Wildman–Crippen LogP) is 2.93. The molecular formula is C22H29N7O. The van der Waals surface area contributed by atoms with Crippen molar-refractivity contribution < 1.29 is 4.79 Å². The van der Waals surface area contributed by atoms with E-state index < -0.39 is 0 Å². The number of nitrogens with one attached hydrogen (secondary N) is 1. The Bertz CT molecular complexity index is 1030. The molecule has 0 unspecified atom stereocenters. The number of piperazine rings is 1. The highest BCUT2D eigenvalue weighted by Gasteiger charge is 2.25. The quantitative estimate of drug-likeness (QED) is 0.719. The van der Waals surface area contributed by atoms with Crippen molar-refractivity contribution in [2.75, 3.05) is 31.1 Å². The van der Waals surface area contributed by atoms with Crippen molar-refractivity contribution in [3.63, 3.8) is 0 Å². The molecule has 30 heavy (non-hydrogen) atoms. The number of anilines is 1. The summed E-state index contributed by atoms with van der Waals surface area (Å²) in [6, 6.07) is 8.40. The summed E-state index contributed by atoms with van der Waals surface area (Å²) in [5, 5.41) is 8.52. The van der Waals surface area contributed by atoms with E-state index in [0.29, 0.717) is 13.1 Å². The molecule has 1 aliphatic heterocycles. The van der Waals surface area contributed by atoms with Crippen LogP contribution in [0.15, 0.2) is 30.5 Å². The maximum atomic E-state index is 12.3. The van der Waals surface area contributed by atoms with E-state index in [1.165, 1.54) is 5.56 Å². The molecule has 3 aromatic rings. The van der Waals surface area contributed by atoms with Gasteiger partial charge in [-0.3, -0.25) is 0 Å². The molecule has 1 aliphatic rings. The van der Waals surface area contributed by atoms with Crippen LogP contribution in [0.1, 0.15) is 32.2 Å². The molecule has 1 aromatic carbocycles. The van der Waals surface area contributed by atoms with Gasteiger partial charge in [0.25, 0.3) is 0 Å². The Hall–Kier alpha value is -3.16. The van der Waals surface area contributed by atoms with Gasteiger partial charge in [0.15, 0.2) is 5.65 Å². The number of urea groups is 1. The Morgan fingerprint density at radius 2 is 1.80 bits per heavy atom. The van der Waals surface area contributed by atoms with Gasteiger partial charge in [-0.15, -0.1) is 0 Å². The molecule has 4 rings (SSSR count). The van der Waals surface area contributed by atoms with Crippen molar-refractivity contribution >= 4 is 22.9 Å². The summed E-state index contributed by atoms with van der Waals surface area (Å²) >= 11 is 0. The Morgan fingerprint density at radius 3 is 2.43 bits per heavy atom. The molecule has 0 saturated carbocycles. The summed E-state index contributed by atoms with van der Waals surface area (Å²) in [7, 11) is 0. The van der Waals surface area contributed by atoms with Gasteiger partial charge in [0.2, 0.25) is 0 Å². The van der Waals surface area contributed by atoms with Gasteiger partial charge in [0.05, 0.1) is 17.3 Å². The Balaban J connectivity index is 1.63. The summed E-state index contributed by atoms with van der Waals surface area (Å²) in [4.78, 5) is 26.0. The highest BCUT2D eigenvalue weighted by molar-refractivity contribution is 5.88. The van der Waals surface area contributed by atoms with Crippen LogP contribution >= 0.6 is 0 Å². The first-order valence-electron chi connectivity index (χ1n) is 10.6. The van der Waals surface area contributed by atoms with Crippen LogP contribution in [-0.2, 0) is 6.42 Å². The maximum absolute atomic E-state index is 12.3. The van der Waals surface area contributed by atoms with E-state index in [0.717, 1.165) is 47.9 Å². The van der Waals surface area contributed by atoms with Crippen LogP contribution < -0.4 is 10.2 Å². The second kappa shape index (κ2) is 8.30. The lowest BCUT2D eigenvalue weighted by molar-refractivity contribution is 0.192. The summed E-state index contributed by atoms with van der Waals surface area (Å²) in [5.74, 6) is 1.70. The van der Waals surface area contributed by atoms with Gasteiger partial charge >= 0.3 is 6.03 Å². The molecule has 1 fully saturated rings. The van der Waals surface area contributed by atoms with Crippen LogP contribution in [0, 0.1) is 6.92 Å². The molecule has 8 nitrogen and oxygen atoms in total. The van der Waals surface area contributed by atoms with Gasteiger partial charge in [0.1, 0.15) is 11.6 Å². The summed E-state index contributed by atoms with van der Waals surface area (Å²) in [6.45, 7) is 10.9. The number of aryl methyl sites for hydroxylation is 2. The Labute approximate surface area is 176 Å². The minimum absolute atomic E-state index is 0.000998. The topological polar surface area (TPSA) is 79.2 Å². The van der Waals surface area contributed by atoms with Crippen LogP contribution in [-0.4, -0.2) is 62.9 Å². The maximum Gasteiger partial charge on any atom is 0.317 e. The zero-order valence-corrected chi connectivity index (χ0v) is 18.1.